The van der Waals surface area contributed by atoms with Crippen LogP contribution >= 0.6 is 11.6 Å². The van der Waals surface area contributed by atoms with E-state index in [0.29, 0.717) is 23.7 Å². The Balaban J connectivity index is 1.64. The molecule has 0 unspecified atom stereocenters. The van der Waals surface area contributed by atoms with Gasteiger partial charge in [-0.2, -0.15) is 0 Å². The average molecular weight is 542 g/mol. The van der Waals surface area contributed by atoms with Crippen molar-refractivity contribution in [2.24, 2.45) is 0 Å². The number of nitrogens with zero attached hydrogens (tertiary/aromatic N) is 2. The van der Waals surface area contributed by atoms with Crippen LogP contribution in [0, 0.1) is 13.8 Å². The fraction of sp³-hybridized carbons (Fsp3) is 0.259. The van der Waals surface area contributed by atoms with Crippen molar-refractivity contribution in [1.82, 2.24) is 0 Å². The monoisotopic (exact) mass is 541 g/mol. The molecule has 0 radical (unpaired) electrons. The molecule has 1 N–H and O–H groups in total. The van der Waals surface area contributed by atoms with Gasteiger partial charge in [0, 0.05) is 29.4 Å². The van der Waals surface area contributed by atoms with Gasteiger partial charge in [-0.05, 0) is 74.4 Å². The van der Waals surface area contributed by atoms with Gasteiger partial charge in [0.2, 0.25) is 11.8 Å². The number of aryl methyl sites for hydroxylation is 2. The Morgan fingerprint density at radius 2 is 1.81 bits per heavy atom. The molecule has 0 spiro atoms. The van der Waals surface area contributed by atoms with Crippen molar-refractivity contribution < 1.29 is 22.7 Å². The van der Waals surface area contributed by atoms with Crippen LogP contribution in [-0.2, 0) is 19.6 Å². The topological polar surface area (TPSA) is 96.0 Å². The quantitative estimate of drug-likeness (QED) is 0.436. The fourth-order valence-corrected chi connectivity index (χ4v) is 5.85. The van der Waals surface area contributed by atoms with E-state index in [0.717, 1.165) is 27.5 Å². The van der Waals surface area contributed by atoms with Gasteiger partial charge in [-0.15, -0.1) is 0 Å². The van der Waals surface area contributed by atoms with Gasteiger partial charge in [0.1, 0.15) is 12.3 Å². The lowest BCUT2D eigenvalue weighted by Gasteiger charge is -2.26. The van der Waals surface area contributed by atoms with Gasteiger partial charge in [-0.1, -0.05) is 29.3 Å². The largest absolute Gasteiger partial charge is 0.495 e. The lowest BCUT2D eigenvalue weighted by atomic mass is 10.1. The summed E-state index contributed by atoms with van der Waals surface area (Å²) < 4.78 is 33.8. The Morgan fingerprint density at radius 3 is 2.43 bits per heavy atom. The predicted molar refractivity (Wildman–Crippen MR) is 145 cm³/mol. The summed E-state index contributed by atoms with van der Waals surface area (Å²) in [5, 5.41) is 3.07. The molecule has 1 aliphatic rings. The molecular weight excluding hydrogens is 514 g/mol. The minimum Gasteiger partial charge on any atom is -0.495 e. The Hall–Kier alpha value is -3.56. The van der Waals surface area contributed by atoms with Crippen molar-refractivity contribution in [2.45, 2.75) is 31.6 Å². The van der Waals surface area contributed by atoms with Crippen molar-refractivity contribution >= 4 is 50.5 Å². The maximum atomic E-state index is 13.7. The highest BCUT2D eigenvalue weighted by atomic mass is 35.5. The van der Waals surface area contributed by atoms with Crippen molar-refractivity contribution in [3.05, 3.63) is 76.8 Å². The summed E-state index contributed by atoms with van der Waals surface area (Å²) in [6, 6.07) is 16.2. The van der Waals surface area contributed by atoms with E-state index in [4.69, 9.17) is 16.3 Å². The number of carbonyl (C=O) groups is 2. The minimum atomic E-state index is -4.15. The summed E-state index contributed by atoms with van der Waals surface area (Å²) >= 11 is 6.19. The predicted octanol–water partition coefficient (Wildman–Crippen LogP) is 4.93. The Labute approximate surface area is 221 Å². The van der Waals surface area contributed by atoms with Gasteiger partial charge in [-0.3, -0.25) is 13.9 Å². The number of methoxy groups -OCH3 is 1. The summed E-state index contributed by atoms with van der Waals surface area (Å²) in [6.45, 7) is 3.87. The summed E-state index contributed by atoms with van der Waals surface area (Å²) in [6.07, 6.45) is 1.34. The number of hydrogen-bond acceptors (Lipinski definition) is 5. The number of anilines is 3. The highest BCUT2D eigenvalue weighted by Gasteiger charge is 2.30. The highest BCUT2D eigenvalue weighted by Crippen LogP contribution is 2.35. The first-order valence-corrected chi connectivity index (χ1v) is 13.6. The third-order valence-corrected chi connectivity index (χ3v) is 8.16. The number of hydrogen-bond donors (Lipinski definition) is 1. The number of carbonyl (C=O) groups excluding carboxylic acids is 2. The van der Waals surface area contributed by atoms with Crippen LogP contribution in [0.4, 0.5) is 17.1 Å². The molecule has 1 heterocycles. The van der Waals surface area contributed by atoms with Gasteiger partial charge in [0.05, 0.1) is 17.7 Å². The lowest BCUT2D eigenvalue weighted by Crippen LogP contribution is -2.38. The number of nitrogens with one attached hydrogen (secondary N) is 1. The van der Waals surface area contributed by atoms with Gasteiger partial charge in [0.15, 0.2) is 0 Å². The second-order valence-electron chi connectivity index (χ2n) is 8.84. The zero-order valence-electron chi connectivity index (χ0n) is 20.8. The zero-order chi connectivity index (χ0) is 26.7. The first-order valence-electron chi connectivity index (χ1n) is 11.7. The third-order valence-electron chi connectivity index (χ3n) is 6.15. The van der Waals surface area contributed by atoms with Crippen LogP contribution in [0.5, 0.6) is 5.75 Å². The second-order valence-corrected chi connectivity index (χ2v) is 11.1. The molecule has 37 heavy (non-hydrogen) atoms. The number of benzene rings is 3. The lowest BCUT2D eigenvalue weighted by molar-refractivity contribution is -0.117. The van der Waals surface area contributed by atoms with Crippen LogP contribution in [0.15, 0.2) is 65.6 Å². The normalized spacial score (nSPS) is 13.5. The van der Waals surface area contributed by atoms with E-state index in [9.17, 15) is 18.0 Å². The number of halogens is 1. The number of ether oxygens (including phenoxy) is 1. The summed E-state index contributed by atoms with van der Waals surface area (Å²) in [5.41, 5.74) is 3.16. The molecule has 0 aliphatic carbocycles. The molecule has 0 bridgehead atoms. The van der Waals surface area contributed by atoms with Crippen molar-refractivity contribution in [1.29, 1.82) is 0 Å². The second kappa shape index (κ2) is 10.8. The Kier molecular flexibility index (Phi) is 7.75. The van der Waals surface area contributed by atoms with Crippen LogP contribution in [-0.4, -0.2) is 40.4 Å². The van der Waals surface area contributed by atoms with E-state index in [2.05, 4.69) is 5.32 Å². The molecule has 0 atom stereocenters. The average Bonchev–Trinajstić information content (AvgIpc) is 3.28. The van der Waals surface area contributed by atoms with Crippen LogP contribution in [0.2, 0.25) is 5.02 Å². The smallest absolute Gasteiger partial charge is 0.264 e. The van der Waals surface area contributed by atoms with E-state index in [1.165, 1.54) is 25.3 Å². The molecule has 3 aromatic rings. The van der Waals surface area contributed by atoms with Gasteiger partial charge in [-0.25, -0.2) is 8.42 Å². The van der Waals surface area contributed by atoms with Crippen LogP contribution in [0.3, 0.4) is 0 Å². The number of amides is 2. The molecule has 10 heteroatoms. The van der Waals surface area contributed by atoms with Crippen molar-refractivity contribution in [2.75, 3.05) is 34.7 Å². The van der Waals surface area contributed by atoms with E-state index in [1.54, 1.807) is 47.4 Å². The summed E-state index contributed by atoms with van der Waals surface area (Å²) in [5.74, 6) is -0.224. The molecular formula is C27H28ClN3O5S. The van der Waals surface area contributed by atoms with E-state index >= 15 is 0 Å². The van der Waals surface area contributed by atoms with Crippen LogP contribution in [0.1, 0.15) is 24.0 Å². The molecule has 1 fully saturated rings. The van der Waals surface area contributed by atoms with E-state index in [-0.39, 0.29) is 22.2 Å². The van der Waals surface area contributed by atoms with E-state index < -0.39 is 22.5 Å². The fourth-order valence-electron chi connectivity index (χ4n) is 4.27. The minimum absolute atomic E-state index is 0.0309. The first-order chi connectivity index (χ1) is 17.6. The van der Waals surface area contributed by atoms with Gasteiger partial charge in [0.25, 0.3) is 10.0 Å². The molecule has 2 amide bonds. The Bertz CT molecular complexity index is 1440. The Morgan fingerprint density at radius 1 is 1.08 bits per heavy atom. The SMILES string of the molecule is COc1ccc(Cl)cc1N(CC(=O)Nc1ccc(N2CCCC2=O)c(C)c1)S(=O)(=O)c1ccc(C)cc1. The van der Waals surface area contributed by atoms with E-state index in [1.807, 2.05) is 13.8 Å². The molecule has 1 saturated heterocycles. The molecule has 194 valence electrons. The maximum Gasteiger partial charge on any atom is 0.264 e. The van der Waals surface area contributed by atoms with Crippen LogP contribution in [0.25, 0.3) is 0 Å². The standard InChI is InChI=1S/C27H28ClN3O5S/c1-18-6-10-22(11-7-18)37(34,35)31(24-16-20(28)8-13-25(24)36-3)17-26(32)29-21-9-12-23(19(2)15-21)30-14-4-5-27(30)33/h6-13,15-16H,4-5,14,17H2,1-3H3,(H,29,32). The summed E-state index contributed by atoms with van der Waals surface area (Å²) in [7, 11) is -2.73. The van der Waals surface area contributed by atoms with Gasteiger partial charge >= 0.3 is 0 Å². The maximum absolute atomic E-state index is 13.7. The molecule has 3 aromatic carbocycles. The molecule has 8 nitrogen and oxygen atoms in total. The third kappa shape index (κ3) is 5.73. The highest BCUT2D eigenvalue weighted by molar-refractivity contribution is 7.92. The number of rotatable bonds is 8. The van der Waals surface area contributed by atoms with Gasteiger partial charge < -0.3 is 15.0 Å². The molecule has 0 saturated carbocycles. The van der Waals surface area contributed by atoms with Crippen molar-refractivity contribution in [3.8, 4) is 5.75 Å². The zero-order valence-corrected chi connectivity index (χ0v) is 22.4. The molecule has 0 aromatic heterocycles. The van der Waals surface area contributed by atoms with Crippen LogP contribution < -0.4 is 19.3 Å². The van der Waals surface area contributed by atoms with Crippen molar-refractivity contribution in [3.63, 3.8) is 0 Å². The molecule has 4 rings (SSSR count). The molecule has 1 aliphatic heterocycles. The first kappa shape index (κ1) is 26.5. The number of sulfonamides is 1. The summed E-state index contributed by atoms with van der Waals surface area (Å²) in [4.78, 5) is 27.1.